The van der Waals surface area contributed by atoms with Crippen LogP contribution in [0.25, 0.3) is 0 Å². The maximum atomic E-state index is 11.7. The van der Waals surface area contributed by atoms with Crippen molar-refractivity contribution in [3.8, 4) is 0 Å². The van der Waals surface area contributed by atoms with Crippen LogP contribution < -0.4 is 5.73 Å². The van der Waals surface area contributed by atoms with Gasteiger partial charge >= 0.3 is 5.97 Å². The molecule has 0 aromatic carbocycles. The Morgan fingerprint density at radius 3 is 1.94 bits per heavy atom. The van der Waals surface area contributed by atoms with E-state index in [-0.39, 0.29) is 11.6 Å². The van der Waals surface area contributed by atoms with Gasteiger partial charge in [0.2, 0.25) is 0 Å². The number of ether oxygens (including phenoxy) is 1. The third-order valence-electron chi connectivity index (χ3n) is 3.14. The maximum Gasteiger partial charge on any atom is 0.325 e. The highest BCUT2D eigenvalue weighted by atomic mass is 28.4. The Morgan fingerprint density at radius 1 is 1.17 bits per heavy atom. The topological polar surface area (TPSA) is 61.5 Å². The zero-order chi connectivity index (χ0) is 14.8. The van der Waals surface area contributed by atoms with Gasteiger partial charge in [0.05, 0.1) is 6.61 Å². The summed E-state index contributed by atoms with van der Waals surface area (Å²) < 4.78 is 11.1. The number of hydrogen-bond donors (Lipinski definition) is 1. The van der Waals surface area contributed by atoms with Crippen molar-refractivity contribution >= 4 is 14.3 Å². The van der Waals surface area contributed by atoms with Gasteiger partial charge < -0.3 is 14.9 Å². The predicted molar refractivity (Wildman–Crippen MR) is 77.0 cm³/mol. The summed E-state index contributed by atoms with van der Waals surface area (Å²) in [5, 5.41) is 0.112. The van der Waals surface area contributed by atoms with Crippen molar-refractivity contribution in [1.29, 1.82) is 0 Å². The number of hydrogen-bond acceptors (Lipinski definition) is 4. The number of nitrogens with two attached hydrogens (primary N) is 1. The fourth-order valence-electron chi connectivity index (χ4n) is 0.960. The highest BCUT2D eigenvalue weighted by Gasteiger charge is 2.38. The fraction of sp³-hybridized carbons (Fsp3) is 0.923. The average Bonchev–Trinajstić information content (AvgIpc) is 2.09. The van der Waals surface area contributed by atoms with E-state index in [4.69, 9.17) is 14.9 Å². The van der Waals surface area contributed by atoms with Crippen LogP contribution in [0.4, 0.5) is 0 Å². The first-order valence-corrected chi connectivity index (χ1v) is 9.29. The highest BCUT2D eigenvalue weighted by molar-refractivity contribution is 6.74. The van der Waals surface area contributed by atoms with Crippen molar-refractivity contribution in [2.75, 3.05) is 6.61 Å². The molecule has 0 radical (unpaired) electrons. The largest absolute Gasteiger partial charge is 0.459 e. The summed E-state index contributed by atoms with van der Waals surface area (Å²) in [5.41, 5.74) is 5.29. The molecule has 0 saturated carbocycles. The molecule has 108 valence electrons. The summed E-state index contributed by atoms with van der Waals surface area (Å²) >= 11 is 0. The smallest absolute Gasteiger partial charge is 0.325 e. The van der Waals surface area contributed by atoms with Crippen molar-refractivity contribution in [1.82, 2.24) is 0 Å². The molecule has 0 bridgehead atoms. The van der Waals surface area contributed by atoms with Crippen molar-refractivity contribution in [3.63, 3.8) is 0 Å². The molecule has 0 spiro atoms. The summed E-state index contributed by atoms with van der Waals surface area (Å²) in [7, 11) is -1.86. The molecular weight excluding hydrogens is 246 g/mol. The summed E-state index contributed by atoms with van der Waals surface area (Å²) in [5.74, 6) is -0.402. The van der Waals surface area contributed by atoms with Crippen LogP contribution in [-0.2, 0) is 14.0 Å². The second kappa shape index (κ2) is 5.71. The summed E-state index contributed by atoms with van der Waals surface area (Å²) in [6.07, 6.45) is 0. The quantitative estimate of drug-likeness (QED) is 0.633. The van der Waals surface area contributed by atoms with E-state index in [0.29, 0.717) is 0 Å². The lowest BCUT2D eigenvalue weighted by molar-refractivity contribution is -0.157. The maximum absolute atomic E-state index is 11.7. The zero-order valence-corrected chi connectivity index (χ0v) is 14.1. The highest BCUT2D eigenvalue weighted by Crippen LogP contribution is 2.36. The van der Waals surface area contributed by atoms with Gasteiger partial charge in [-0.3, -0.25) is 4.79 Å². The summed E-state index contributed by atoms with van der Waals surface area (Å²) in [6, 6.07) is -0.710. The molecule has 2 N–H and O–H groups in total. The first kappa shape index (κ1) is 17.6. The molecule has 0 aliphatic carbocycles. The lowest BCUT2D eigenvalue weighted by Gasteiger charge is -2.36. The van der Waals surface area contributed by atoms with Gasteiger partial charge in [-0.2, -0.15) is 0 Å². The molecule has 0 aliphatic heterocycles. The van der Waals surface area contributed by atoms with Gasteiger partial charge in [0.1, 0.15) is 11.6 Å². The summed E-state index contributed by atoms with van der Waals surface area (Å²) in [6.45, 7) is 16.4. The zero-order valence-electron chi connectivity index (χ0n) is 13.1. The summed E-state index contributed by atoms with van der Waals surface area (Å²) in [4.78, 5) is 11.7. The SMILES string of the molecule is CC(C)(C)OC(=O)[C@H](N)CO[Si](C)(C)C(C)(C)C. The average molecular weight is 275 g/mol. The lowest BCUT2D eigenvalue weighted by Crippen LogP contribution is -2.47. The normalized spacial score (nSPS) is 15.4. The second-order valence-electron chi connectivity index (χ2n) is 7.21. The standard InChI is InChI=1S/C13H29NO3Si/c1-12(2,3)17-11(15)10(14)9-16-18(7,8)13(4,5)6/h10H,9,14H2,1-8H3/t10-/m1/s1. The minimum atomic E-state index is -1.86. The van der Waals surface area contributed by atoms with Crippen molar-refractivity contribution < 1.29 is 14.0 Å². The third-order valence-corrected chi connectivity index (χ3v) is 7.64. The minimum absolute atomic E-state index is 0.112. The monoisotopic (exact) mass is 275 g/mol. The predicted octanol–water partition coefficient (Wildman–Crippen LogP) is 2.68. The van der Waals surface area contributed by atoms with Gasteiger partial charge in [0.25, 0.3) is 0 Å². The molecule has 0 aromatic heterocycles. The van der Waals surface area contributed by atoms with Crippen LogP contribution >= 0.6 is 0 Å². The van der Waals surface area contributed by atoms with Crippen LogP contribution in [0.3, 0.4) is 0 Å². The van der Waals surface area contributed by atoms with Crippen molar-refractivity contribution in [3.05, 3.63) is 0 Å². The molecule has 4 nitrogen and oxygen atoms in total. The van der Waals surface area contributed by atoms with E-state index in [0.717, 1.165) is 0 Å². The van der Waals surface area contributed by atoms with Crippen LogP contribution in [0.1, 0.15) is 41.5 Å². The molecule has 0 aromatic rings. The number of carbonyl (C=O) groups excluding carboxylic acids is 1. The fourth-order valence-corrected chi connectivity index (χ4v) is 1.99. The van der Waals surface area contributed by atoms with E-state index >= 15 is 0 Å². The molecule has 1 atom stereocenters. The first-order chi connectivity index (χ1) is 7.76. The Bertz CT molecular complexity index is 290. The molecule has 0 fully saturated rings. The molecule has 0 rings (SSSR count). The van der Waals surface area contributed by atoms with Gasteiger partial charge in [-0.15, -0.1) is 0 Å². The molecular formula is C13H29NO3Si. The first-order valence-electron chi connectivity index (χ1n) is 6.39. The van der Waals surface area contributed by atoms with Gasteiger partial charge in [-0.1, -0.05) is 20.8 Å². The van der Waals surface area contributed by atoms with Gasteiger partial charge in [0, 0.05) is 0 Å². The van der Waals surface area contributed by atoms with Crippen molar-refractivity contribution in [2.24, 2.45) is 5.73 Å². The molecule has 0 aliphatic rings. The molecule has 18 heavy (non-hydrogen) atoms. The lowest BCUT2D eigenvalue weighted by atomic mass is 10.2. The van der Waals surface area contributed by atoms with Crippen molar-refractivity contribution in [2.45, 2.75) is 71.3 Å². The Balaban J connectivity index is 4.35. The van der Waals surface area contributed by atoms with E-state index in [1.807, 2.05) is 20.8 Å². The molecule has 5 heteroatoms. The van der Waals surface area contributed by atoms with Crippen LogP contribution in [0.15, 0.2) is 0 Å². The van der Waals surface area contributed by atoms with E-state index in [2.05, 4.69) is 33.9 Å². The van der Waals surface area contributed by atoms with E-state index < -0.39 is 25.9 Å². The molecule has 0 heterocycles. The minimum Gasteiger partial charge on any atom is -0.459 e. The van der Waals surface area contributed by atoms with Crippen LogP contribution in [0.5, 0.6) is 0 Å². The molecule has 0 amide bonds. The van der Waals surface area contributed by atoms with E-state index in [1.165, 1.54) is 0 Å². The Morgan fingerprint density at radius 2 is 1.61 bits per heavy atom. The van der Waals surface area contributed by atoms with Gasteiger partial charge in [0.15, 0.2) is 8.32 Å². The number of rotatable bonds is 4. The van der Waals surface area contributed by atoms with Gasteiger partial charge in [-0.05, 0) is 38.9 Å². The Labute approximate surface area is 112 Å². The van der Waals surface area contributed by atoms with Crippen LogP contribution in [-0.4, -0.2) is 32.5 Å². The van der Waals surface area contributed by atoms with E-state index in [9.17, 15) is 4.79 Å². The van der Waals surface area contributed by atoms with Gasteiger partial charge in [-0.25, -0.2) is 0 Å². The number of esters is 1. The Kier molecular flexibility index (Phi) is 5.59. The van der Waals surface area contributed by atoms with Crippen LogP contribution in [0.2, 0.25) is 18.1 Å². The van der Waals surface area contributed by atoms with Crippen LogP contribution in [0, 0.1) is 0 Å². The molecule has 0 unspecified atom stereocenters. The Hall–Kier alpha value is -0.393. The van der Waals surface area contributed by atoms with E-state index in [1.54, 1.807) is 0 Å². The second-order valence-corrected chi connectivity index (χ2v) is 12.0. The third kappa shape index (κ3) is 5.98. The molecule has 0 saturated heterocycles. The number of carbonyl (C=O) groups is 1.